The molecule has 8 heteroatoms. The Balaban J connectivity index is 3.07. The molecule has 0 amide bonds. The Morgan fingerprint density at radius 1 is 1.65 bits per heavy atom. The number of hydrogen-bond acceptors (Lipinski definition) is 6. The van der Waals surface area contributed by atoms with Crippen LogP contribution >= 0.6 is 11.6 Å². The maximum absolute atomic E-state index is 12.0. The summed E-state index contributed by atoms with van der Waals surface area (Å²) in [5.41, 5.74) is -1.00. The van der Waals surface area contributed by atoms with Gasteiger partial charge in [-0.25, -0.2) is 4.68 Å². The largest absolute Gasteiger partial charge is 0.468 e. The van der Waals surface area contributed by atoms with E-state index in [1.165, 1.54) is 13.3 Å². The van der Waals surface area contributed by atoms with Gasteiger partial charge in [-0.1, -0.05) is 11.6 Å². The first-order valence-electron chi connectivity index (χ1n) is 5.97. The third kappa shape index (κ3) is 3.71. The van der Waals surface area contributed by atoms with Gasteiger partial charge in [0.2, 0.25) is 0 Å². The fourth-order valence-corrected chi connectivity index (χ4v) is 1.50. The third-order valence-electron chi connectivity index (χ3n) is 2.99. The van der Waals surface area contributed by atoms with E-state index in [4.69, 9.17) is 11.6 Å². The van der Waals surface area contributed by atoms with Gasteiger partial charge in [-0.15, -0.1) is 0 Å². The summed E-state index contributed by atoms with van der Waals surface area (Å²) >= 11 is 5.97. The lowest BCUT2D eigenvalue weighted by atomic mass is 9.98. The van der Waals surface area contributed by atoms with Crippen LogP contribution in [0.5, 0.6) is 0 Å². The van der Waals surface area contributed by atoms with E-state index in [0.717, 1.165) is 4.68 Å². The zero-order chi connectivity index (χ0) is 15.5. The number of nitrogens with one attached hydrogen (secondary N) is 1. The number of aliphatic hydroxyl groups excluding tert-OH is 1. The number of carbonyl (C=O) groups is 1. The monoisotopic (exact) mass is 303 g/mol. The summed E-state index contributed by atoms with van der Waals surface area (Å²) in [5, 5.41) is 16.3. The molecule has 0 bridgehead atoms. The van der Waals surface area contributed by atoms with Gasteiger partial charge in [0.05, 0.1) is 30.6 Å². The number of rotatable bonds is 5. The van der Waals surface area contributed by atoms with Crippen LogP contribution < -0.4 is 10.9 Å². The van der Waals surface area contributed by atoms with E-state index >= 15 is 0 Å². The zero-order valence-corrected chi connectivity index (χ0v) is 12.6. The van der Waals surface area contributed by atoms with Crippen molar-refractivity contribution in [2.45, 2.75) is 39.0 Å². The number of aromatic nitrogens is 2. The Kier molecular flexibility index (Phi) is 5.13. The summed E-state index contributed by atoms with van der Waals surface area (Å²) in [6.07, 6.45) is 0.660. The fraction of sp³-hybridized carbons (Fsp3) is 0.583. The summed E-state index contributed by atoms with van der Waals surface area (Å²) in [7, 11) is 1.22. The smallest absolute Gasteiger partial charge is 0.327 e. The van der Waals surface area contributed by atoms with Crippen LogP contribution in [0.3, 0.4) is 0 Å². The molecule has 1 heterocycles. The molecule has 0 aliphatic carbocycles. The molecule has 112 valence electrons. The summed E-state index contributed by atoms with van der Waals surface area (Å²) < 4.78 is 5.37. The number of hydrogen-bond donors (Lipinski definition) is 2. The van der Waals surface area contributed by atoms with Gasteiger partial charge in [0.25, 0.3) is 5.56 Å². The van der Waals surface area contributed by atoms with E-state index in [2.05, 4.69) is 15.2 Å². The predicted molar refractivity (Wildman–Crippen MR) is 74.9 cm³/mol. The van der Waals surface area contributed by atoms with Crippen molar-refractivity contribution in [3.05, 3.63) is 21.6 Å². The predicted octanol–water partition coefficient (Wildman–Crippen LogP) is 0.641. The van der Waals surface area contributed by atoms with Gasteiger partial charge in [-0.05, 0) is 20.8 Å². The lowest BCUT2D eigenvalue weighted by Crippen LogP contribution is -2.42. The second-order valence-electron chi connectivity index (χ2n) is 4.93. The molecule has 7 nitrogen and oxygen atoms in total. The molecule has 1 rings (SSSR count). The third-order valence-corrected chi connectivity index (χ3v) is 3.36. The van der Waals surface area contributed by atoms with E-state index in [9.17, 15) is 14.7 Å². The van der Waals surface area contributed by atoms with Crippen molar-refractivity contribution in [1.82, 2.24) is 9.78 Å². The molecule has 1 aromatic rings. The number of aliphatic hydroxyl groups is 1. The average Bonchev–Trinajstić information content (AvgIpc) is 2.37. The van der Waals surface area contributed by atoms with E-state index in [0.29, 0.717) is 5.69 Å². The molecule has 0 saturated carbocycles. The lowest BCUT2D eigenvalue weighted by molar-refractivity contribution is -0.141. The van der Waals surface area contributed by atoms with Crippen molar-refractivity contribution in [1.29, 1.82) is 0 Å². The first kappa shape index (κ1) is 16.5. The number of nitrogens with zero attached hydrogens (tertiary/aromatic N) is 2. The number of anilines is 1. The summed E-state index contributed by atoms with van der Waals surface area (Å²) in [4.78, 5) is 23.1. The Hall–Kier alpha value is -1.60. The Morgan fingerprint density at radius 2 is 2.25 bits per heavy atom. The molecule has 1 atom stereocenters. The number of ether oxygens (including phenoxy) is 1. The van der Waals surface area contributed by atoms with Crippen LogP contribution in [-0.2, 0) is 16.1 Å². The first-order chi connectivity index (χ1) is 9.19. The second-order valence-corrected chi connectivity index (χ2v) is 5.31. The summed E-state index contributed by atoms with van der Waals surface area (Å²) in [6.45, 7) is 4.82. The van der Waals surface area contributed by atoms with Crippen LogP contribution in [0.2, 0.25) is 5.02 Å². The molecule has 0 aromatic carbocycles. The van der Waals surface area contributed by atoms with Crippen LogP contribution in [0.1, 0.15) is 20.8 Å². The number of halogens is 1. The molecule has 0 aliphatic rings. The highest BCUT2D eigenvalue weighted by Gasteiger charge is 2.25. The van der Waals surface area contributed by atoms with Crippen LogP contribution in [0.4, 0.5) is 5.69 Å². The maximum Gasteiger partial charge on any atom is 0.327 e. The molecule has 0 aliphatic heterocycles. The number of methoxy groups -OCH3 is 1. The van der Waals surface area contributed by atoms with Gasteiger partial charge in [0.1, 0.15) is 11.6 Å². The number of carbonyl (C=O) groups excluding carboxylic acids is 1. The fourth-order valence-electron chi connectivity index (χ4n) is 1.30. The second kappa shape index (κ2) is 6.23. The lowest BCUT2D eigenvalue weighted by Gasteiger charge is -2.30. The minimum Gasteiger partial charge on any atom is -0.468 e. The van der Waals surface area contributed by atoms with Gasteiger partial charge >= 0.3 is 5.97 Å². The quantitative estimate of drug-likeness (QED) is 0.775. The molecule has 0 saturated heterocycles. The molecular formula is C12H18ClN3O4. The Morgan fingerprint density at radius 3 is 2.75 bits per heavy atom. The van der Waals surface area contributed by atoms with Crippen molar-refractivity contribution in [2.75, 3.05) is 12.4 Å². The van der Waals surface area contributed by atoms with Crippen molar-refractivity contribution < 1.29 is 14.6 Å². The Bertz CT molecular complexity index is 554. The van der Waals surface area contributed by atoms with Gasteiger partial charge in [-0.2, -0.15) is 5.10 Å². The van der Waals surface area contributed by atoms with Crippen LogP contribution in [-0.4, -0.2) is 39.6 Å². The van der Waals surface area contributed by atoms with Crippen molar-refractivity contribution in [2.24, 2.45) is 0 Å². The van der Waals surface area contributed by atoms with Crippen LogP contribution in [0.25, 0.3) is 0 Å². The van der Waals surface area contributed by atoms with Crippen molar-refractivity contribution >= 4 is 23.3 Å². The molecular weight excluding hydrogens is 286 g/mol. The highest BCUT2D eigenvalue weighted by atomic mass is 35.5. The molecule has 0 fully saturated rings. The molecule has 0 spiro atoms. The zero-order valence-electron chi connectivity index (χ0n) is 11.8. The number of esters is 1. The van der Waals surface area contributed by atoms with Gasteiger partial charge in [0, 0.05) is 0 Å². The molecule has 1 unspecified atom stereocenters. The molecule has 1 aromatic heterocycles. The van der Waals surface area contributed by atoms with Crippen molar-refractivity contribution in [3.8, 4) is 0 Å². The van der Waals surface area contributed by atoms with Gasteiger partial charge < -0.3 is 15.2 Å². The average molecular weight is 304 g/mol. The van der Waals surface area contributed by atoms with Crippen molar-refractivity contribution in [3.63, 3.8) is 0 Å². The van der Waals surface area contributed by atoms with E-state index in [-0.39, 0.29) is 11.6 Å². The minimum absolute atomic E-state index is 0.0994. The highest BCUT2D eigenvalue weighted by Crippen LogP contribution is 2.22. The maximum atomic E-state index is 12.0. The normalized spacial score (nSPS) is 12.9. The minimum atomic E-state index is -0.688. The molecule has 2 N–H and O–H groups in total. The van der Waals surface area contributed by atoms with Gasteiger partial charge in [-0.3, -0.25) is 9.59 Å². The van der Waals surface area contributed by atoms with Gasteiger partial charge in [0.15, 0.2) is 0 Å². The summed E-state index contributed by atoms with van der Waals surface area (Å²) in [5.74, 6) is -0.597. The SMILES string of the molecule is COC(=O)Cn1ncc(NC(C)(C)C(C)O)c(Cl)c1=O. The topological polar surface area (TPSA) is 93.5 Å². The van der Waals surface area contributed by atoms with E-state index in [1.807, 2.05) is 0 Å². The summed E-state index contributed by atoms with van der Waals surface area (Å²) in [6, 6.07) is 0. The molecule has 20 heavy (non-hydrogen) atoms. The van der Waals surface area contributed by atoms with Crippen LogP contribution in [0, 0.1) is 0 Å². The highest BCUT2D eigenvalue weighted by molar-refractivity contribution is 6.32. The van der Waals surface area contributed by atoms with E-state index in [1.54, 1.807) is 20.8 Å². The Labute approximate surface area is 121 Å². The van der Waals surface area contributed by atoms with E-state index < -0.39 is 23.2 Å². The first-order valence-corrected chi connectivity index (χ1v) is 6.35. The van der Waals surface area contributed by atoms with Crippen LogP contribution in [0.15, 0.2) is 11.0 Å². The molecule has 0 radical (unpaired) electrons. The standard InChI is InChI=1S/C12H18ClN3O4/c1-7(17)12(2,3)15-8-5-14-16(6-9(18)20-4)11(19)10(8)13/h5,7,15,17H,6H2,1-4H3.